The number of benzene rings is 1. The zero-order chi connectivity index (χ0) is 20.8. The Bertz CT molecular complexity index is 1050. The van der Waals surface area contributed by atoms with E-state index in [2.05, 4.69) is 9.72 Å². The molecular weight excluding hydrogens is 430 g/mol. The van der Waals surface area contributed by atoms with E-state index in [1.165, 1.54) is 0 Å². The molecule has 1 aromatic carbocycles. The second kappa shape index (κ2) is 6.71. The van der Waals surface area contributed by atoms with Gasteiger partial charge in [0.05, 0.1) is 10.6 Å². The van der Waals surface area contributed by atoms with Crippen LogP contribution in [0.25, 0.3) is 0 Å². The Morgan fingerprint density at radius 2 is 1.70 bits per heavy atom. The topological polar surface area (TPSA) is 89.1 Å². The summed E-state index contributed by atoms with van der Waals surface area (Å²) in [5.74, 6) is -2.32. The lowest BCUT2D eigenvalue weighted by Crippen LogP contribution is -2.23. The normalized spacial score (nSPS) is 12.9. The van der Waals surface area contributed by atoms with E-state index in [1.54, 1.807) is 4.98 Å². The molecule has 0 spiro atoms. The average Bonchev–Trinajstić information content (AvgIpc) is 2.47. The fraction of sp³-hybridized carbons (Fsp3) is 0.231. The van der Waals surface area contributed by atoms with E-state index in [0.717, 1.165) is 6.07 Å². The van der Waals surface area contributed by atoms with E-state index in [9.17, 15) is 39.6 Å². The number of alkyl halides is 6. The zero-order valence-corrected chi connectivity index (χ0v) is 14.4. The molecule has 2 rings (SSSR count). The minimum atomic E-state index is -5.33. The van der Waals surface area contributed by atoms with Crippen LogP contribution < -0.4 is 10.3 Å². The van der Waals surface area contributed by atoms with Gasteiger partial charge in [0.2, 0.25) is 20.7 Å². The number of H-pyrrole nitrogens is 1. The standard InChI is InChI=1S/C13H7ClF6N2O4S/c1-27(24,25)11-21-9(13(18,19)20)8(10(23)22-11)26-5-2-3-7(14)6(4-5)12(15,16)17/h2-4H,1H3,(H,21,22,23). The highest BCUT2D eigenvalue weighted by Gasteiger charge is 2.40. The quantitative estimate of drug-likeness (QED) is 0.586. The second-order valence-corrected chi connectivity index (χ2v) is 7.40. The number of hydrogen-bond donors (Lipinski definition) is 1. The Balaban J connectivity index is 2.65. The second-order valence-electron chi connectivity index (χ2n) is 5.06. The molecule has 0 aliphatic rings. The summed E-state index contributed by atoms with van der Waals surface area (Å²) in [7, 11) is -4.32. The van der Waals surface area contributed by atoms with Crippen LogP contribution in [0.2, 0.25) is 5.02 Å². The molecular formula is C13H7ClF6N2O4S. The first-order valence-electron chi connectivity index (χ1n) is 6.57. The number of halogens is 7. The number of rotatable bonds is 3. The highest BCUT2D eigenvalue weighted by atomic mass is 35.5. The highest BCUT2D eigenvalue weighted by molar-refractivity contribution is 7.90. The lowest BCUT2D eigenvalue weighted by molar-refractivity contribution is -0.143. The summed E-state index contributed by atoms with van der Waals surface area (Å²) in [6.45, 7) is 0. The number of aromatic nitrogens is 2. The van der Waals surface area contributed by atoms with Crippen LogP contribution in [0.1, 0.15) is 11.3 Å². The molecule has 148 valence electrons. The summed E-state index contributed by atoms with van der Waals surface area (Å²) in [6, 6.07) is 1.79. The maximum atomic E-state index is 13.1. The van der Waals surface area contributed by atoms with Crippen molar-refractivity contribution in [1.29, 1.82) is 0 Å². The summed E-state index contributed by atoms with van der Waals surface area (Å²) in [4.78, 5) is 16.3. The third-order valence-electron chi connectivity index (χ3n) is 2.94. The summed E-state index contributed by atoms with van der Waals surface area (Å²) < 4.78 is 105. The number of sulfone groups is 1. The molecule has 1 aromatic heterocycles. The number of ether oxygens (including phenoxy) is 1. The van der Waals surface area contributed by atoms with Gasteiger partial charge in [-0.1, -0.05) is 11.6 Å². The van der Waals surface area contributed by atoms with Crippen LogP contribution in [0, 0.1) is 0 Å². The van der Waals surface area contributed by atoms with E-state index >= 15 is 0 Å². The third-order valence-corrected chi connectivity index (χ3v) is 4.16. The van der Waals surface area contributed by atoms with Crippen molar-refractivity contribution in [2.45, 2.75) is 17.5 Å². The Labute approximate surface area is 151 Å². The molecule has 2 aromatic rings. The lowest BCUT2D eigenvalue weighted by atomic mass is 10.2. The fourth-order valence-electron chi connectivity index (χ4n) is 1.81. The van der Waals surface area contributed by atoms with Crippen molar-refractivity contribution in [2.24, 2.45) is 0 Å². The van der Waals surface area contributed by atoms with E-state index in [-0.39, 0.29) is 6.07 Å². The van der Waals surface area contributed by atoms with Crippen LogP contribution in [0.5, 0.6) is 11.5 Å². The van der Waals surface area contributed by atoms with Crippen LogP contribution in [0.4, 0.5) is 26.3 Å². The average molecular weight is 437 g/mol. The molecule has 0 radical (unpaired) electrons. The zero-order valence-electron chi connectivity index (χ0n) is 12.9. The predicted molar refractivity (Wildman–Crippen MR) is 79.5 cm³/mol. The first-order valence-corrected chi connectivity index (χ1v) is 8.84. The molecule has 0 aliphatic heterocycles. The number of nitrogens with zero attached hydrogens (tertiary/aromatic N) is 1. The molecule has 0 fully saturated rings. The highest BCUT2D eigenvalue weighted by Crippen LogP contribution is 2.39. The first-order chi connectivity index (χ1) is 12.1. The van der Waals surface area contributed by atoms with Crippen molar-refractivity contribution in [2.75, 3.05) is 6.26 Å². The third kappa shape index (κ3) is 4.71. The molecule has 27 heavy (non-hydrogen) atoms. The molecule has 1 N–H and O–H groups in total. The van der Waals surface area contributed by atoms with Crippen LogP contribution in [-0.2, 0) is 22.2 Å². The summed E-state index contributed by atoms with van der Waals surface area (Å²) in [5, 5.41) is -2.02. The molecule has 0 amide bonds. The Morgan fingerprint density at radius 3 is 2.19 bits per heavy atom. The SMILES string of the molecule is CS(=O)(=O)c1nc(C(F)(F)F)c(Oc2ccc(Cl)c(C(F)(F)F)c2)c(=O)[nH]1. The van der Waals surface area contributed by atoms with Gasteiger partial charge in [-0.2, -0.15) is 26.3 Å². The van der Waals surface area contributed by atoms with E-state index < -0.39 is 60.7 Å². The van der Waals surface area contributed by atoms with Crippen molar-refractivity contribution in [3.8, 4) is 11.5 Å². The number of nitrogens with one attached hydrogen (secondary N) is 1. The molecule has 0 bridgehead atoms. The number of hydrogen-bond acceptors (Lipinski definition) is 5. The molecule has 0 unspecified atom stereocenters. The van der Waals surface area contributed by atoms with Gasteiger partial charge in [0.25, 0.3) is 5.56 Å². The van der Waals surface area contributed by atoms with Crippen LogP contribution in [-0.4, -0.2) is 24.6 Å². The van der Waals surface area contributed by atoms with Crippen molar-refractivity contribution < 1.29 is 39.5 Å². The molecule has 0 atom stereocenters. The maximum absolute atomic E-state index is 13.1. The van der Waals surface area contributed by atoms with Gasteiger partial charge in [-0.05, 0) is 18.2 Å². The van der Waals surface area contributed by atoms with Gasteiger partial charge in [0.1, 0.15) is 5.75 Å². The summed E-state index contributed by atoms with van der Waals surface area (Å²) in [6.07, 6.45) is -9.77. The van der Waals surface area contributed by atoms with Crippen molar-refractivity contribution >= 4 is 21.4 Å². The van der Waals surface area contributed by atoms with Crippen molar-refractivity contribution in [3.05, 3.63) is 44.8 Å². The fourth-order valence-corrected chi connectivity index (χ4v) is 2.57. The molecule has 14 heteroatoms. The minimum Gasteiger partial charge on any atom is -0.449 e. The lowest BCUT2D eigenvalue weighted by Gasteiger charge is -2.14. The van der Waals surface area contributed by atoms with Crippen LogP contribution >= 0.6 is 11.6 Å². The van der Waals surface area contributed by atoms with Gasteiger partial charge in [-0.3, -0.25) is 9.78 Å². The van der Waals surface area contributed by atoms with Crippen molar-refractivity contribution in [1.82, 2.24) is 9.97 Å². The Hall–Kier alpha value is -2.28. The molecule has 6 nitrogen and oxygen atoms in total. The van der Waals surface area contributed by atoms with Crippen molar-refractivity contribution in [3.63, 3.8) is 0 Å². The van der Waals surface area contributed by atoms with Crippen LogP contribution in [0.3, 0.4) is 0 Å². The molecule has 0 saturated heterocycles. The van der Waals surface area contributed by atoms with E-state index in [0.29, 0.717) is 12.3 Å². The van der Waals surface area contributed by atoms with E-state index in [1.807, 2.05) is 0 Å². The van der Waals surface area contributed by atoms with Gasteiger partial charge in [-0.25, -0.2) is 13.4 Å². The van der Waals surface area contributed by atoms with Crippen LogP contribution in [0.15, 0.2) is 28.2 Å². The van der Waals surface area contributed by atoms with Gasteiger partial charge in [0.15, 0.2) is 5.69 Å². The molecule has 0 saturated carbocycles. The largest absolute Gasteiger partial charge is 0.449 e. The van der Waals surface area contributed by atoms with Gasteiger partial charge in [-0.15, -0.1) is 0 Å². The first kappa shape index (κ1) is 21.0. The predicted octanol–water partition coefficient (Wildman–Crippen LogP) is 3.66. The molecule has 0 aliphatic carbocycles. The maximum Gasteiger partial charge on any atom is 0.437 e. The summed E-state index contributed by atoms with van der Waals surface area (Å²) >= 11 is 5.39. The van der Waals surface area contributed by atoms with Gasteiger partial charge >= 0.3 is 12.4 Å². The summed E-state index contributed by atoms with van der Waals surface area (Å²) in [5.41, 5.74) is -5.08. The van der Waals surface area contributed by atoms with Gasteiger partial charge < -0.3 is 4.74 Å². The minimum absolute atomic E-state index is 0.284. The number of aromatic amines is 1. The Morgan fingerprint density at radius 1 is 1.11 bits per heavy atom. The molecule has 1 heterocycles. The smallest absolute Gasteiger partial charge is 0.437 e. The van der Waals surface area contributed by atoms with E-state index in [4.69, 9.17) is 11.6 Å². The Kier molecular flexibility index (Phi) is 5.22. The van der Waals surface area contributed by atoms with Gasteiger partial charge in [0, 0.05) is 6.26 Å². The monoisotopic (exact) mass is 436 g/mol.